The van der Waals surface area contributed by atoms with Crippen molar-refractivity contribution in [3.8, 4) is 0 Å². The number of benzene rings is 3. The number of carbonyl (C=O) groups excluding carboxylic acids is 3. The zero-order chi connectivity index (χ0) is 21.5. The first-order valence-corrected chi connectivity index (χ1v) is 9.48. The maximum absolute atomic E-state index is 13.7. The van der Waals surface area contributed by atoms with Gasteiger partial charge in [0.2, 0.25) is 5.91 Å². The normalized spacial score (nSPS) is 18.6. The molecule has 1 aliphatic heterocycles. The van der Waals surface area contributed by atoms with Crippen LogP contribution in [0.15, 0.2) is 60.7 Å². The van der Waals surface area contributed by atoms with Crippen LogP contribution in [0.2, 0.25) is 0 Å². The van der Waals surface area contributed by atoms with Gasteiger partial charge in [0, 0.05) is 5.69 Å². The monoisotopic (exact) mass is 405 g/mol. The topological polar surface area (TPSA) is 78.5 Å². The SMILES string of the molecule is Cc1ccc(NC(=O)CN2C(=O)NC(C)(c3cccc4ccccc34)C2=O)cc1F. The number of halogens is 1. The highest BCUT2D eigenvalue weighted by Gasteiger charge is 2.50. The predicted octanol–water partition coefficient (Wildman–Crippen LogP) is 3.69. The van der Waals surface area contributed by atoms with Crippen molar-refractivity contribution in [2.45, 2.75) is 19.4 Å². The summed E-state index contributed by atoms with van der Waals surface area (Å²) >= 11 is 0. The van der Waals surface area contributed by atoms with Gasteiger partial charge in [-0.1, -0.05) is 48.5 Å². The van der Waals surface area contributed by atoms with E-state index in [2.05, 4.69) is 10.6 Å². The van der Waals surface area contributed by atoms with E-state index in [0.29, 0.717) is 11.1 Å². The summed E-state index contributed by atoms with van der Waals surface area (Å²) in [6.45, 7) is 2.77. The molecule has 4 rings (SSSR count). The molecule has 0 saturated carbocycles. The Morgan fingerprint density at radius 2 is 1.83 bits per heavy atom. The Morgan fingerprint density at radius 3 is 2.60 bits per heavy atom. The molecule has 30 heavy (non-hydrogen) atoms. The summed E-state index contributed by atoms with van der Waals surface area (Å²) in [5.41, 5.74) is 0.0659. The molecular formula is C23H20FN3O3. The van der Waals surface area contributed by atoms with E-state index >= 15 is 0 Å². The van der Waals surface area contributed by atoms with Crippen LogP contribution in [0.4, 0.5) is 14.9 Å². The number of fused-ring (bicyclic) bond motifs is 1. The Hall–Kier alpha value is -3.74. The zero-order valence-electron chi connectivity index (χ0n) is 16.5. The van der Waals surface area contributed by atoms with Crippen molar-refractivity contribution in [2.75, 3.05) is 11.9 Å². The molecule has 0 radical (unpaired) electrons. The van der Waals surface area contributed by atoms with Crippen LogP contribution in [0.25, 0.3) is 10.8 Å². The average Bonchev–Trinajstić information content (AvgIpc) is 2.94. The number of nitrogens with one attached hydrogen (secondary N) is 2. The fraction of sp³-hybridized carbons (Fsp3) is 0.174. The lowest BCUT2D eigenvalue weighted by molar-refractivity contribution is -0.133. The van der Waals surface area contributed by atoms with Crippen LogP contribution in [0.5, 0.6) is 0 Å². The smallest absolute Gasteiger partial charge is 0.324 e. The Bertz CT molecular complexity index is 1190. The number of amides is 4. The number of urea groups is 1. The van der Waals surface area contributed by atoms with Gasteiger partial charge >= 0.3 is 6.03 Å². The maximum Gasteiger partial charge on any atom is 0.325 e. The van der Waals surface area contributed by atoms with Crippen molar-refractivity contribution in [1.82, 2.24) is 10.2 Å². The van der Waals surface area contributed by atoms with Gasteiger partial charge in [0.05, 0.1) is 0 Å². The molecule has 6 nitrogen and oxygen atoms in total. The number of imide groups is 1. The standard InChI is InChI=1S/C23H20FN3O3/c1-14-10-11-16(12-19(14)24)25-20(28)13-27-21(29)23(2,26-22(27)30)18-9-5-7-15-6-3-4-8-17(15)18/h3-12H,13H2,1-2H3,(H,25,28)(H,26,30). The van der Waals surface area contributed by atoms with Crippen LogP contribution in [-0.4, -0.2) is 29.3 Å². The van der Waals surface area contributed by atoms with Gasteiger partial charge in [-0.2, -0.15) is 0 Å². The third kappa shape index (κ3) is 3.28. The van der Waals surface area contributed by atoms with Crippen molar-refractivity contribution >= 4 is 34.3 Å². The highest BCUT2D eigenvalue weighted by molar-refractivity contribution is 6.11. The fourth-order valence-corrected chi connectivity index (χ4v) is 3.70. The summed E-state index contributed by atoms with van der Waals surface area (Å²) in [5.74, 6) is -1.57. The number of hydrogen-bond donors (Lipinski definition) is 2. The highest BCUT2D eigenvalue weighted by atomic mass is 19.1. The summed E-state index contributed by atoms with van der Waals surface area (Å²) in [7, 11) is 0. The van der Waals surface area contributed by atoms with Crippen LogP contribution in [-0.2, 0) is 15.1 Å². The van der Waals surface area contributed by atoms with Crippen LogP contribution in [0.3, 0.4) is 0 Å². The van der Waals surface area contributed by atoms with E-state index < -0.39 is 35.7 Å². The molecule has 0 spiro atoms. The molecule has 3 aromatic carbocycles. The van der Waals surface area contributed by atoms with Crippen molar-refractivity contribution < 1.29 is 18.8 Å². The summed E-state index contributed by atoms with van der Waals surface area (Å²) in [6, 6.07) is 16.7. The van der Waals surface area contributed by atoms with Gasteiger partial charge in [0.1, 0.15) is 17.9 Å². The van der Waals surface area contributed by atoms with Gasteiger partial charge in [-0.15, -0.1) is 0 Å². The van der Waals surface area contributed by atoms with Gasteiger partial charge in [0.15, 0.2) is 0 Å². The summed E-state index contributed by atoms with van der Waals surface area (Å²) in [6.07, 6.45) is 0. The van der Waals surface area contributed by atoms with Gasteiger partial charge in [-0.25, -0.2) is 9.18 Å². The van der Waals surface area contributed by atoms with E-state index in [-0.39, 0.29) is 5.69 Å². The number of hydrogen-bond acceptors (Lipinski definition) is 3. The van der Waals surface area contributed by atoms with Gasteiger partial charge in [0.25, 0.3) is 5.91 Å². The predicted molar refractivity (Wildman–Crippen MR) is 111 cm³/mol. The first-order chi connectivity index (χ1) is 14.3. The lowest BCUT2D eigenvalue weighted by atomic mass is 9.88. The molecular weight excluding hydrogens is 385 g/mol. The molecule has 1 heterocycles. The van der Waals surface area contributed by atoms with E-state index in [4.69, 9.17) is 0 Å². The number of rotatable bonds is 4. The maximum atomic E-state index is 13.7. The molecule has 0 bridgehead atoms. The first-order valence-electron chi connectivity index (χ1n) is 9.48. The van der Waals surface area contributed by atoms with Crippen molar-refractivity contribution in [3.63, 3.8) is 0 Å². The minimum atomic E-state index is -1.30. The average molecular weight is 405 g/mol. The van der Waals surface area contributed by atoms with Crippen LogP contribution < -0.4 is 10.6 Å². The molecule has 0 aliphatic carbocycles. The molecule has 7 heteroatoms. The van der Waals surface area contributed by atoms with Gasteiger partial charge < -0.3 is 10.6 Å². The van der Waals surface area contributed by atoms with E-state index in [0.717, 1.165) is 15.7 Å². The summed E-state index contributed by atoms with van der Waals surface area (Å²) in [4.78, 5) is 39.0. The Labute approximate surface area is 172 Å². The molecule has 152 valence electrons. The summed E-state index contributed by atoms with van der Waals surface area (Å²) in [5, 5.41) is 7.03. The first kappa shape index (κ1) is 19.6. The van der Waals surface area contributed by atoms with Gasteiger partial charge in [-0.05, 0) is 47.9 Å². The van der Waals surface area contributed by atoms with E-state index in [9.17, 15) is 18.8 Å². The van der Waals surface area contributed by atoms with Crippen molar-refractivity contribution in [3.05, 3.63) is 77.6 Å². The molecule has 1 fully saturated rings. The lowest BCUT2D eigenvalue weighted by Gasteiger charge is -2.24. The molecule has 1 unspecified atom stereocenters. The number of nitrogens with zero attached hydrogens (tertiary/aromatic N) is 1. The number of aryl methyl sites for hydroxylation is 1. The van der Waals surface area contributed by atoms with Crippen LogP contribution in [0.1, 0.15) is 18.1 Å². The Kier molecular flexibility index (Phi) is 4.73. The van der Waals surface area contributed by atoms with Crippen LogP contribution in [0, 0.1) is 12.7 Å². The number of carbonyl (C=O) groups is 3. The molecule has 1 saturated heterocycles. The second-order valence-corrected chi connectivity index (χ2v) is 7.49. The number of anilines is 1. The highest BCUT2D eigenvalue weighted by Crippen LogP contribution is 2.33. The van der Waals surface area contributed by atoms with E-state index in [1.54, 1.807) is 26.0 Å². The second kappa shape index (κ2) is 7.26. The third-order valence-electron chi connectivity index (χ3n) is 5.36. The molecule has 2 N–H and O–H groups in total. The van der Waals surface area contributed by atoms with E-state index in [1.807, 2.05) is 36.4 Å². The van der Waals surface area contributed by atoms with Crippen molar-refractivity contribution in [1.29, 1.82) is 0 Å². The molecule has 4 amide bonds. The minimum absolute atomic E-state index is 0.256. The molecule has 1 atom stereocenters. The lowest BCUT2D eigenvalue weighted by Crippen LogP contribution is -2.42. The molecule has 1 aliphatic rings. The Balaban J connectivity index is 1.57. The third-order valence-corrected chi connectivity index (χ3v) is 5.36. The van der Waals surface area contributed by atoms with Crippen molar-refractivity contribution in [2.24, 2.45) is 0 Å². The fourth-order valence-electron chi connectivity index (χ4n) is 3.70. The minimum Gasteiger partial charge on any atom is -0.324 e. The van der Waals surface area contributed by atoms with Gasteiger partial charge in [-0.3, -0.25) is 14.5 Å². The summed E-state index contributed by atoms with van der Waals surface area (Å²) < 4.78 is 13.7. The van der Waals surface area contributed by atoms with E-state index in [1.165, 1.54) is 12.1 Å². The quantitative estimate of drug-likeness (QED) is 0.650. The Morgan fingerprint density at radius 1 is 1.10 bits per heavy atom. The molecule has 3 aromatic rings. The zero-order valence-corrected chi connectivity index (χ0v) is 16.5. The second-order valence-electron chi connectivity index (χ2n) is 7.49. The largest absolute Gasteiger partial charge is 0.325 e. The molecule has 0 aromatic heterocycles. The van der Waals surface area contributed by atoms with Crippen LogP contribution >= 0.6 is 0 Å².